The maximum absolute atomic E-state index is 6.37. The summed E-state index contributed by atoms with van der Waals surface area (Å²) in [6.07, 6.45) is 3.53. The number of halogens is 1. The summed E-state index contributed by atoms with van der Waals surface area (Å²) in [4.78, 5) is 10.4. The lowest BCUT2D eigenvalue weighted by molar-refractivity contribution is 0.131. The van der Waals surface area contributed by atoms with Crippen molar-refractivity contribution in [1.29, 1.82) is 0 Å². The van der Waals surface area contributed by atoms with Gasteiger partial charge in [0.2, 0.25) is 0 Å². The molecule has 0 aliphatic carbocycles. The number of benzene rings is 3. The summed E-state index contributed by atoms with van der Waals surface area (Å²) in [7, 11) is 1.97. The number of hydrogen-bond acceptors (Lipinski definition) is 5. The highest BCUT2D eigenvalue weighted by Gasteiger charge is 2.24. The van der Waals surface area contributed by atoms with Gasteiger partial charge in [0, 0.05) is 60.3 Å². The van der Waals surface area contributed by atoms with Crippen molar-refractivity contribution in [1.82, 2.24) is 9.80 Å². The van der Waals surface area contributed by atoms with Gasteiger partial charge in [-0.05, 0) is 80.4 Å². The fourth-order valence-corrected chi connectivity index (χ4v) is 6.32. The van der Waals surface area contributed by atoms with E-state index < -0.39 is 0 Å². The fraction of sp³-hybridized carbons (Fsp3) is 0.379. The highest BCUT2D eigenvalue weighted by molar-refractivity contribution is 7.99. The van der Waals surface area contributed by atoms with E-state index in [1.807, 2.05) is 24.9 Å². The SMILES string of the molecule is CNc1ccc(CCCN2CCN(CCCN3c4ccccc4Sc4ccc(Cl)cc43)CC2)cc1. The normalized spacial score (nSPS) is 16.1. The number of anilines is 3. The number of aryl methyl sites for hydroxylation is 1. The highest BCUT2D eigenvalue weighted by atomic mass is 35.5. The molecule has 0 aromatic heterocycles. The van der Waals surface area contributed by atoms with Crippen LogP contribution in [0.15, 0.2) is 76.5 Å². The van der Waals surface area contributed by atoms with Crippen molar-refractivity contribution in [2.75, 3.05) is 63.1 Å². The quantitative estimate of drug-likeness (QED) is 0.351. The first-order valence-electron chi connectivity index (χ1n) is 12.7. The van der Waals surface area contributed by atoms with Crippen LogP contribution >= 0.6 is 23.4 Å². The van der Waals surface area contributed by atoms with Crippen LogP contribution in [-0.4, -0.2) is 62.7 Å². The second-order valence-electron chi connectivity index (χ2n) is 9.42. The Hall–Kier alpha value is -2.18. The van der Waals surface area contributed by atoms with Crippen LogP contribution in [-0.2, 0) is 6.42 Å². The molecule has 2 aliphatic heterocycles. The van der Waals surface area contributed by atoms with E-state index >= 15 is 0 Å². The molecular formula is C29H35ClN4S. The molecule has 0 atom stereocenters. The van der Waals surface area contributed by atoms with Crippen molar-refractivity contribution in [3.05, 3.63) is 77.3 Å². The first kappa shape index (κ1) is 24.5. The average Bonchev–Trinajstić information content (AvgIpc) is 2.90. The summed E-state index contributed by atoms with van der Waals surface area (Å²) in [5.41, 5.74) is 5.16. The number of hydrogen-bond donors (Lipinski definition) is 1. The van der Waals surface area contributed by atoms with Gasteiger partial charge in [0.25, 0.3) is 0 Å². The van der Waals surface area contributed by atoms with Crippen molar-refractivity contribution < 1.29 is 0 Å². The van der Waals surface area contributed by atoms with E-state index in [9.17, 15) is 0 Å². The standard InChI is InChI=1S/C29H35ClN4S/c1-31-25-12-9-23(10-13-25)6-4-15-32-18-20-33(21-19-32)16-5-17-34-26-7-2-3-8-28(26)35-29-14-11-24(30)22-27(29)34/h2-3,7-14,22,31H,4-6,15-21H2,1H3. The van der Waals surface area contributed by atoms with E-state index in [4.69, 9.17) is 11.6 Å². The molecule has 0 amide bonds. The van der Waals surface area contributed by atoms with E-state index in [2.05, 4.69) is 80.7 Å². The Bertz CT molecular complexity index is 1110. The van der Waals surface area contributed by atoms with Crippen molar-refractivity contribution in [3.63, 3.8) is 0 Å². The molecular weight excluding hydrogens is 472 g/mol. The van der Waals surface area contributed by atoms with Crippen LogP contribution in [0.4, 0.5) is 17.1 Å². The number of fused-ring (bicyclic) bond motifs is 2. The maximum Gasteiger partial charge on any atom is 0.0567 e. The molecule has 35 heavy (non-hydrogen) atoms. The van der Waals surface area contributed by atoms with Crippen LogP contribution in [0.25, 0.3) is 0 Å². The maximum atomic E-state index is 6.37. The molecule has 5 rings (SSSR count). The van der Waals surface area contributed by atoms with E-state index in [0.717, 1.165) is 31.0 Å². The predicted molar refractivity (Wildman–Crippen MR) is 151 cm³/mol. The third kappa shape index (κ3) is 6.15. The topological polar surface area (TPSA) is 21.8 Å². The van der Waals surface area contributed by atoms with E-state index in [-0.39, 0.29) is 0 Å². The Morgan fingerprint density at radius 3 is 2.20 bits per heavy atom. The van der Waals surface area contributed by atoms with Gasteiger partial charge in [-0.15, -0.1) is 0 Å². The molecule has 3 aromatic carbocycles. The molecule has 184 valence electrons. The molecule has 2 aliphatic rings. The highest BCUT2D eigenvalue weighted by Crippen LogP contribution is 2.48. The molecule has 1 fully saturated rings. The lowest BCUT2D eigenvalue weighted by Gasteiger charge is -2.36. The van der Waals surface area contributed by atoms with Gasteiger partial charge in [0.05, 0.1) is 11.4 Å². The molecule has 2 heterocycles. The van der Waals surface area contributed by atoms with Gasteiger partial charge in [-0.2, -0.15) is 0 Å². The summed E-state index contributed by atoms with van der Waals surface area (Å²) in [5.74, 6) is 0. The minimum Gasteiger partial charge on any atom is -0.388 e. The van der Waals surface area contributed by atoms with Gasteiger partial charge in [-0.3, -0.25) is 0 Å². The molecule has 1 saturated heterocycles. The van der Waals surface area contributed by atoms with E-state index in [1.54, 1.807) is 0 Å². The van der Waals surface area contributed by atoms with Gasteiger partial charge in [0.15, 0.2) is 0 Å². The molecule has 6 heteroatoms. The Balaban J connectivity index is 1.07. The Labute approximate surface area is 219 Å². The molecule has 4 nitrogen and oxygen atoms in total. The Morgan fingerprint density at radius 2 is 1.46 bits per heavy atom. The smallest absolute Gasteiger partial charge is 0.0567 e. The van der Waals surface area contributed by atoms with Crippen LogP contribution in [0.3, 0.4) is 0 Å². The zero-order valence-corrected chi connectivity index (χ0v) is 22.1. The van der Waals surface area contributed by atoms with E-state index in [1.165, 1.54) is 71.6 Å². The van der Waals surface area contributed by atoms with Crippen LogP contribution in [0.5, 0.6) is 0 Å². The average molecular weight is 507 g/mol. The predicted octanol–water partition coefficient (Wildman–Crippen LogP) is 6.62. The lowest BCUT2D eigenvalue weighted by Crippen LogP contribution is -2.47. The van der Waals surface area contributed by atoms with Crippen molar-refractivity contribution in [2.24, 2.45) is 0 Å². The summed E-state index contributed by atoms with van der Waals surface area (Å²) >= 11 is 8.21. The van der Waals surface area contributed by atoms with Crippen LogP contribution in [0.1, 0.15) is 18.4 Å². The molecule has 0 spiro atoms. The van der Waals surface area contributed by atoms with Gasteiger partial charge in [-0.25, -0.2) is 0 Å². The van der Waals surface area contributed by atoms with Crippen molar-refractivity contribution in [2.45, 2.75) is 29.1 Å². The molecule has 0 saturated carbocycles. The number of rotatable bonds is 9. The summed E-state index contributed by atoms with van der Waals surface area (Å²) < 4.78 is 0. The Kier molecular flexibility index (Phi) is 8.20. The first-order chi connectivity index (χ1) is 17.2. The molecule has 0 radical (unpaired) electrons. The lowest BCUT2D eigenvalue weighted by atomic mass is 10.1. The number of piperazine rings is 1. The van der Waals surface area contributed by atoms with Crippen LogP contribution in [0, 0.1) is 0 Å². The molecule has 1 N–H and O–H groups in total. The fourth-order valence-electron chi connectivity index (χ4n) is 5.08. The summed E-state index contributed by atoms with van der Waals surface area (Å²) in [5, 5.41) is 3.99. The Morgan fingerprint density at radius 1 is 0.771 bits per heavy atom. The van der Waals surface area contributed by atoms with Gasteiger partial charge >= 0.3 is 0 Å². The largest absolute Gasteiger partial charge is 0.388 e. The second kappa shape index (κ2) is 11.7. The number of nitrogens with zero attached hydrogens (tertiary/aromatic N) is 3. The van der Waals surface area contributed by atoms with Crippen molar-refractivity contribution >= 4 is 40.4 Å². The van der Waals surface area contributed by atoms with Gasteiger partial charge < -0.3 is 20.0 Å². The summed E-state index contributed by atoms with van der Waals surface area (Å²) in [6, 6.07) is 23.8. The third-order valence-corrected chi connectivity index (χ3v) is 8.46. The molecule has 3 aromatic rings. The minimum absolute atomic E-state index is 0.805. The zero-order chi connectivity index (χ0) is 24.0. The number of para-hydroxylation sites is 1. The first-order valence-corrected chi connectivity index (χ1v) is 13.9. The molecule has 0 bridgehead atoms. The van der Waals surface area contributed by atoms with Crippen molar-refractivity contribution in [3.8, 4) is 0 Å². The third-order valence-electron chi connectivity index (χ3n) is 7.09. The number of nitrogens with one attached hydrogen (secondary N) is 1. The monoisotopic (exact) mass is 506 g/mol. The summed E-state index contributed by atoms with van der Waals surface area (Å²) in [6.45, 7) is 8.06. The zero-order valence-electron chi connectivity index (χ0n) is 20.5. The molecule has 0 unspecified atom stereocenters. The van der Waals surface area contributed by atoms with Gasteiger partial charge in [0.1, 0.15) is 0 Å². The second-order valence-corrected chi connectivity index (χ2v) is 10.9. The van der Waals surface area contributed by atoms with Crippen LogP contribution in [0.2, 0.25) is 5.02 Å². The van der Waals surface area contributed by atoms with E-state index in [0.29, 0.717) is 0 Å². The minimum atomic E-state index is 0.805. The van der Waals surface area contributed by atoms with Crippen LogP contribution < -0.4 is 10.2 Å². The van der Waals surface area contributed by atoms with Gasteiger partial charge in [-0.1, -0.05) is 47.6 Å².